The number of carboxylic acid groups (broad SMARTS) is 1. The number of thioether (sulfide) groups is 2. The molecule has 0 aromatic heterocycles. The van der Waals surface area contributed by atoms with Gasteiger partial charge in [-0.05, 0) is 38.9 Å². The molecule has 5 nitrogen and oxygen atoms in total. The van der Waals surface area contributed by atoms with Crippen molar-refractivity contribution < 1.29 is 14.7 Å². The molecule has 2 unspecified atom stereocenters. The van der Waals surface area contributed by atoms with Gasteiger partial charge in [0.05, 0.1) is 5.37 Å². The van der Waals surface area contributed by atoms with Crippen molar-refractivity contribution in [2.24, 2.45) is 0 Å². The summed E-state index contributed by atoms with van der Waals surface area (Å²) >= 11 is 3.41. The summed E-state index contributed by atoms with van der Waals surface area (Å²) in [6, 6.07) is -0.724. The number of carboxylic acids is 1. The van der Waals surface area contributed by atoms with Gasteiger partial charge < -0.3 is 10.4 Å². The SMILES string of the molecule is CSC1CCC(NC(=O)N2C(C)SCC2C(=O)O)CC1. The zero-order valence-electron chi connectivity index (χ0n) is 11.9. The lowest BCUT2D eigenvalue weighted by Gasteiger charge is -2.31. The molecule has 1 aliphatic heterocycles. The molecule has 0 bridgehead atoms. The lowest BCUT2D eigenvalue weighted by atomic mass is 9.95. The van der Waals surface area contributed by atoms with Gasteiger partial charge in [0.25, 0.3) is 0 Å². The van der Waals surface area contributed by atoms with Gasteiger partial charge in [-0.25, -0.2) is 9.59 Å². The van der Waals surface area contributed by atoms with Crippen molar-refractivity contribution in [3.05, 3.63) is 0 Å². The van der Waals surface area contributed by atoms with Crippen molar-refractivity contribution in [1.82, 2.24) is 10.2 Å². The third-order valence-corrected chi connectivity index (χ3v) is 6.43. The van der Waals surface area contributed by atoms with Crippen LogP contribution in [0, 0.1) is 0 Å². The van der Waals surface area contributed by atoms with Crippen LogP contribution in [0.2, 0.25) is 0 Å². The molecule has 114 valence electrons. The van der Waals surface area contributed by atoms with E-state index >= 15 is 0 Å². The maximum atomic E-state index is 12.3. The Bertz CT molecular complexity index is 373. The van der Waals surface area contributed by atoms with E-state index in [1.54, 1.807) is 0 Å². The van der Waals surface area contributed by atoms with E-state index in [2.05, 4.69) is 11.6 Å². The Morgan fingerprint density at radius 2 is 1.95 bits per heavy atom. The van der Waals surface area contributed by atoms with Gasteiger partial charge in [-0.3, -0.25) is 4.90 Å². The number of urea groups is 1. The monoisotopic (exact) mass is 318 g/mol. The summed E-state index contributed by atoms with van der Waals surface area (Å²) in [5, 5.41) is 12.8. The molecular formula is C13H22N2O3S2. The standard InChI is InChI=1S/C13H22N2O3S2/c1-8-15(11(7-20-8)12(16)17)13(18)14-9-3-5-10(19-2)6-4-9/h8-11H,3-7H2,1-2H3,(H,14,18)(H,16,17). The second-order valence-corrected chi connectivity index (χ2v) is 7.84. The summed E-state index contributed by atoms with van der Waals surface area (Å²) in [6.45, 7) is 1.89. The number of hydrogen-bond acceptors (Lipinski definition) is 4. The first kappa shape index (κ1) is 15.8. The van der Waals surface area contributed by atoms with Gasteiger partial charge >= 0.3 is 12.0 Å². The topological polar surface area (TPSA) is 69.6 Å². The fourth-order valence-corrected chi connectivity index (χ4v) is 4.74. The summed E-state index contributed by atoms with van der Waals surface area (Å²) in [5.41, 5.74) is 0. The number of nitrogens with one attached hydrogen (secondary N) is 1. The van der Waals surface area contributed by atoms with Gasteiger partial charge in [0.15, 0.2) is 0 Å². The summed E-state index contributed by atoms with van der Waals surface area (Å²) < 4.78 is 0. The minimum Gasteiger partial charge on any atom is -0.480 e. The third kappa shape index (κ3) is 3.55. The van der Waals surface area contributed by atoms with Gasteiger partial charge in [0.1, 0.15) is 6.04 Å². The average Bonchev–Trinajstić information content (AvgIpc) is 2.81. The number of carbonyl (C=O) groups excluding carboxylic acids is 1. The maximum Gasteiger partial charge on any atom is 0.327 e. The van der Waals surface area contributed by atoms with Gasteiger partial charge in [0, 0.05) is 17.0 Å². The lowest BCUT2D eigenvalue weighted by Crippen LogP contribution is -2.52. The van der Waals surface area contributed by atoms with Gasteiger partial charge in [-0.2, -0.15) is 11.8 Å². The van der Waals surface area contributed by atoms with Crippen LogP contribution in [0.15, 0.2) is 0 Å². The first-order chi connectivity index (χ1) is 9.52. The van der Waals surface area contributed by atoms with Crippen LogP contribution < -0.4 is 5.32 Å². The first-order valence-electron chi connectivity index (χ1n) is 6.99. The van der Waals surface area contributed by atoms with Crippen LogP contribution >= 0.6 is 23.5 Å². The van der Waals surface area contributed by atoms with Gasteiger partial charge in [0.2, 0.25) is 0 Å². The highest BCUT2D eigenvalue weighted by Gasteiger charge is 2.40. The van der Waals surface area contributed by atoms with Gasteiger partial charge in [-0.15, -0.1) is 11.8 Å². The first-order valence-corrected chi connectivity index (χ1v) is 9.32. The van der Waals surface area contributed by atoms with Crippen molar-refractivity contribution in [3.63, 3.8) is 0 Å². The Morgan fingerprint density at radius 3 is 2.50 bits per heavy atom. The van der Waals surface area contributed by atoms with E-state index in [0.717, 1.165) is 25.7 Å². The predicted octanol–water partition coefficient (Wildman–Crippen LogP) is 2.22. The molecule has 0 aromatic carbocycles. The van der Waals surface area contributed by atoms with Crippen LogP contribution in [-0.2, 0) is 4.79 Å². The molecule has 2 fully saturated rings. The van der Waals surface area contributed by atoms with Crippen LogP contribution in [0.1, 0.15) is 32.6 Å². The van der Waals surface area contributed by atoms with Crippen molar-refractivity contribution in [2.45, 2.75) is 55.3 Å². The van der Waals surface area contributed by atoms with Crippen LogP contribution in [0.25, 0.3) is 0 Å². The Labute approximate surface area is 128 Å². The highest BCUT2D eigenvalue weighted by Crippen LogP contribution is 2.30. The number of amides is 2. The molecule has 7 heteroatoms. The Kier molecular flexibility index (Phi) is 5.49. The number of rotatable bonds is 3. The zero-order valence-corrected chi connectivity index (χ0v) is 13.5. The fraction of sp³-hybridized carbons (Fsp3) is 0.846. The van der Waals surface area contributed by atoms with E-state index in [1.807, 2.05) is 18.7 Å². The largest absolute Gasteiger partial charge is 0.480 e. The van der Waals surface area contributed by atoms with Gasteiger partial charge in [-0.1, -0.05) is 0 Å². The van der Waals surface area contributed by atoms with Crippen molar-refractivity contribution >= 4 is 35.5 Å². The van der Waals surface area contributed by atoms with Crippen LogP contribution in [0.4, 0.5) is 4.79 Å². The minimum absolute atomic E-state index is 0.0707. The second kappa shape index (κ2) is 6.93. The molecule has 1 heterocycles. The molecule has 1 aliphatic carbocycles. The summed E-state index contributed by atoms with van der Waals surface area (Å²) in [4.78, 5) is 25.0. The number of aliphatic carboxylic acids is 1. The molecule has 2 rings (SSSR count). The second-order valence-electron chi connectivity index (χ2n) is 5.35. The van der Waals surface area contributed by atoms with Crippen molar-refractivity contribution in [1.29, 1.82) is 0 Å². The molecule has 2 N–H and O–H groups in total. The molecule has 2 atom stereocenters. The highest BCUT2D eigenvalue weighted by atomic mass is 32.2. The average molecular weight is 318 g/mol. The Morgan fingerprint density at radius 1 is 1.30 bits per heavy atom. The maximum absolute atomic E-state index is 12.3. The summed E-state index contributed by atoms with van der Waals surface area (Å²) in [7, 11) is 0. The van der Waals surface area contributed by atoms with Crippen molar-refractivity contribution in [2.75, 3.05) is 12.0 Å². The molecule has 20 heavy (non-hydrogen) atoms. The molecule has 0 spiro atoms. The quantitative estimate of drug-likeness (QED) is 0.835. The molecular weight excluding hydrogens is 296 g/mol. The number of hydrogen-bond donors (Lipinski definition) is 2. The van der Waals surface area contributed by atoms with E-state index < -0.39 is 12.0 Å². The molecule has 2 amide bonds. The molecule has 0 aromatic rings. The van der Waals surface area contributed by atoms with Crippen LogP contribution in [0.5, 0.6) is 0 Å². The lowest BCUT2D eigenvalue weighted by molar-refractivity contribution is -0.141. The molecule has 2 aliphatic rings. The number of carbonyl (C=O) groups is 2. The van der Waals surface area contributed by atoms with E-state index in [4.69, 9.17) is 0 Å². The fourth-order valence-electron chi connectivity index (χ4n) is 2.83. The Balaban J connectivity index is 1.89. The van der Waals surface area contributed by atoms with E-state index in [9.17, 15) is 14.7 Å². The molecule has 1 saturated carbocycles. The summed E-state index contributed by atoms with van der Waals surface area (Å²) in [6.07, 6.45) is 6.36. The zero-order chi connectivity index (χ0) is 14.7. The molecule has 0 radical (unpaired) electrons. The molecule has 1 saturated heterocycles. The minimum atomic E-state index is -0.914. The van der Waals surface area contributed by atoms with Crippen LogP contribution in [0.3, 0.4) is 0 Å². The summed E-state index contributed by atoms with van der Waals surface area (Å²) in [5.74, 6) is -0.438. The van der Waals surface area contributed by atoms with Crippen molar-refractivity contribution in [3.8, 4) is 0 Å². The predicted molar refractivity (Wildman–Crippen MR) is 83.3 cm³/mol. The van der Waals surface area contributed by atoms with E-state index in [-0.39, 0.29) is 17.4 Å². The highest BCUT2D eigenvalue weighted by molar-refractivity contribution is 8.00. The number of nitrogens with zero attached hydrogens (tertiary/aromatic N) is 1. The third-order valence-electron chi connectivity index (χ3n) is 4.08. The van der Waals surface area contributed by atoms with E-state index in [0.29, 0.717) is 11.0 Å². The normalized spacial score (nSPS) is 34.0. The van der Waals surface area contributed by atoms with Crippen LogP contribution in [-0.4, -0.2) is 56.7 Å². The Hall–Kier alpha value is -0.560. The smallest absolute Gasteiger partial charge is 0.327 e. The van der Waals surface area contributed by atoms with E-state index in [1.165, 1.54) is 16.7 Å².